The van der Waals surface area contributed by atoms with E-state index in [2.05, 4.69) is 0 Å². The van der Waals surface area contributed by atoms with Crippen molar-refractivity contribution in [3.05, 3.63) is 53.6 Å². The zero-order valence-corrected chi connectivity index (χ0v) is 16.5. The van der Waals surface area contributed by atoms with Crippen molar-refractivity contribution in [3.63, 3.8) is 0 Å². The highest BCUT2D eigenvalue weighted by Gasteiger charge is 2.26. The van der Waals surface area contributed by atoms with E-state index in [-0.39, 0.29) is 34.9 Å². The molecule has 1 amide bonds. The van der Waals surface area contributed by atoms with Gasteiger partial charge in [0, 0.05) is 19.2 Å². The monoisotopic (exact) mass is 420 g/mol. The minimum absolute atomic E-state index is 0.0191. The average Bonchev–Trinajstić information content (AvgIpc) is 2.74. The average molecular weight is 420 g/mol. The third-order valence-corrected chi connectivity index (χ3v) is 6.27. The number of esters is 1. The van der Waals surface area contributed by atoms with Gasteiger partial charge in [0.05, 0.1) is 36.3 Å². The van der Waals surface area contributed by atoms with Gasteiger partial charge in [-0.25, -0.2) is 13.2 Å². The third kappa shape index (κ3) is 4.56. The van der Waals surface area contributed by atoms with Gasteiger partial charge in [0.2, 0.25) is 10.0 Å². The van der Waals surface area contributed by atoms with Crippen LogP contribution in [-0.4, -0.2) is 58.0 Å². The second kappa shape index (κ2) is 8.60. The third-order valence-electron chi connectivity index (χ3n) is 4.35. The number of carbonyl (C=O) groups excluding carboxylic acids is 2. The van der Waals surface area contributed by atoms with Crippen LogP contribution in [0.5, 0.6) is 11.5 Å². The number of primary amides is 1. The van der Waals surface area contributed by atoms with Gasteiger partial charge in [0.15, 0.2) is 0 Å². The molecule has 1 saturated heterocycles. The Labute approximate surface area is 168 Å². The van der Waals surface area contributed by atoms with E-state index in [0.29, 0.717) is 19.0 Å². The summed E-state index contributed by atoms with van der Waals surface area (Å²) in [6, 6.07) is 9.64. The Hall–Kier alpha value is -2.95. The maximum atomic E-state index is 12.6. The molecule has 3 rings (SSSR count). The first kappa shape index (κ1) is 20.8. The molecule has 9 nitrogen and oxygen atoms in total. The lowest BCUT2D eigenvalue weighted by molar-refractivity contribution is 0.0730. The molecule has 1 fully saturated rings. The van der Waals surface area contributed by atoms with Gasteiger partial charge in [-0.2, -0.15) is 4.31 Å². The molecule has 2 aromatic rings. The molecular formula is C19H20N2O7S. The molecule has 0 aromatic heterocycles. The molecular weight excluding hydrogens is 400 g/mol. The van der Waals surface area contributed by atoms with E-state index in [0.717, 1.165) is 0 Å². The minimum Gasteiger partial charge on any atom is -0.497 e. The number of amides is 1. The molecule has 1 aliphatic rings. The highest BCUT2D eigenvalue weighted by Crippen LogP contribution is 2.26. The molecule has 0 atom stereocenters. The smallest absolute Gasteiger partial charge is 0.343 e. The van der Waals surface area contributed by atoms with Gasteiger partial charge in [0.1, 0.15) is 11.5 Å². The zero-order chi connectivity index (χ0) is 21.0. The second-order valence-corrected chi connectivity index (χ2v) is 8.09. The summed E-state index contributed by atoms with van der Waals surface area (Å²) in [5.41, 5.74) is 5.44. The maximum Gasteiger partial charge on any atom is 0.343 e. The van der Waals surface area contributed by atoms with Gasteiger partial charge in [-0.05, 0) is 36.4 Å². The van der Waals surface area contributed by atoms with Crippen LogP contribution in [0, 0.1) is 0 Å². The van der Waals surface area contributed by atoms with Crippen LogP contribution in [0.4, 0.5) is 0 Å². The lowest BCUT2D eigenvalue weighted by atomic mass is 10.1. The summed E-state index contributed by atoms with van der Waals surface area (Å²) in [5, 5.41) is 0. The van der Waals surface area contributed by atoms with Gasteiger partial charge in [-0.3, -0.25) is 4.79 Å². The predicted octanol–water partition coefficient (Wildman–Crippen LogP) is 1.03. The van der Waals surface area contributed by atoms with Crippen molar-refractivity contribution >= 4 is 21.9 Å². The van der Waals surface area contributed by atoms with Crippen LogP contribution in [0.25, 0.3) is 0 Å². The van der Waals surface area contributed by atoms with Gasteiger partial charge in [-0.15, -0.1) is 0 Å². The number of ether oxygens (including phenoxy) is 3. The van der Waals surface area contributed by atoms with Crippen molar-refractivity contribution in [2.24, 2.45) is 5.73 Å². The molecule has 29 heavy (non-hydrogen) atoms. The van der Waals surface area contributed by atoms with E-state index in [4.69, 9.17) is 19.9 Å². The molecule has 2 N–H and O–H groups in total. The highest BCUT2D eigenvalue weighted by molar-refractivity contribution is 7.89. The van der Waals surface area contributed by atoms with Crippen LogP contribution in [0.3, 0.4) is 0 Å². The van der Waals surface area contributed by atoms with Crippen molar-refractivity contribution in [2.45, 2.75) is 4.90 Å². The molecule has 0 bridgehead atoms. The quantitative estimate of drug-likeness (QED) is 0.547. The molecule has 2 aromatic carbocycles. The molecule has 0 radical (unpaired) electrons. The van der Waals surface area contributed by atoms with Crippen molar-refractivity contribution in [1.29, 1.82) is 0 Å². The fraction of sp³-hybridized carbons (Fsp3) is 0.263. The number of sulfonamides is 1. The number of nitrogens with zero attached hydrogens (tertiary/aromatic N) is 1. The first-order valence-corrected chi connectivity index (χ1v) is 10.1. The maximum absolute atomic E-state index is 12.6. The predicted molar refractivity (Wildman–Crippen MR) is 102 cm³/mol. The SMILES string of the molecule is COc1ccc(C(N)=O)c(OC(=O)c2ccc(S(=O)(=O)N3CCOCC3)cc2)c1. The first-order chi connectivity index (χ1) is 13.8. The number of benzene rings is 2. The molecule has 10 heteroatoms. The number of hydrogen-bond donors (Lipinski definition) is 1. The number of hydrogen-bond acceptors (Lipinski definition) is 7. The van der Waals surface area contributed by atoms with Crippen molar-refractivity contribution in [1.82, 2.24) is 4.31 Å². The Balaban J connectivity index is 1.80. The van der Waals surface area contributed by atoms with Crippen LogP contribution in [-0.2, 0) is 14.8 Å². The standard InChI is InChI=1S/C19H20N2O7S/c1-26-14-4-7-16(18(20)22)17(12-14)28-19(23)13-2-5-15(6-3-13)29(24,25)21-8-10-27-11-9-21/h2-7,12H,8-11H2,1H3,(H2,20,22). The molecule has 1 aliphatic heterocycles. The summed E-state index contributed by atoms with van der Waals surface area (Å²) in [6.07, 6.45) is 0. The van der Waals surface area contributed by atoms with Crippen LogP contribution >= 0.6 is 0 Å². The van der Waals surface area contributed by atoms with E-state index in [9.17, 15) is 18.0 Å². The lowest BCUT2D eigenvalue weighted by Crippen LogP contribution is -2.40. The molecule has 0 aliphatic carbocycles. The van der Waals surface area contributed by atoms with Crippen molar-refractivity contribution in [3.8, 4) is 11.5 Å². The van der Waals surface area contributed by atoms with Crippen molar-refractivity contribution < 1.29 is 32.2 Å². The fourth-order valence-electron chi connectivity index (χ4n) is 2.78. The van der Waals surface area contributed by atoms with Crippen LogP contribution in [0.15, 0.2) is 47.4 Å². The number of carbonyl (C=O) groups is 2. The topological polar surface area (TPSA) is 125 Å². The van der Waals surface area contributed by atoms with Crippen LogP contribution in [0.1, 0.15) is 20.7 Å². The second-order valence-electron chi connectivity index (χ2n) is 6.16. The fourth-order valence-corrected chi connectivity index (χ4v) is 4.18. The summed E-state index contributed by atoms with van der Waals surface area (Å²) in [5.74, 6) is -1.20. The zero-order valence-electron chi connectivity index (χ0n) is 15.7. The van der Waals surface area contributed by atoms with E-state index < -0.39 is 21.9 Å². The molecule has 0 saturated carbocycles. The summed E-state index contributed by atoms with van der Waals surface area (Å²) >= 11 is 0. The van der Waals surface area contributed by atoms with Gasteiger partial charge in [0.25, 0.3) is 5.91 Å². The molecule has 1 heterocycles. The largest absolute Gasteiger partial charge is 0.497 e. The van der Waals surface area contributed by atoms with Gasteiger partial charge in [-0.1, -0.05) is 0 Å². The Morgan fingerprint density at radius 3 is 2.31 bits per heavy atom. The number of methoxy groups -OCH3 is 1. The molecule has 154 valence electrons. The minimum atomic E-state index is -3.67. The summed E-state index contributed by atoms with van der Waals surface area (Å²) < 4.78 is 42.1. The molecule has 0 spiro atoms. The van der Waals surface area contributed by atoms with Gasteiger partial charge < -0.3 is 19.9 Å². The highest BCUT2D eigenvalue weighted by atomic mass is 32.2. The Kier molecular flexibility index (Phi) is 6.16. The van der Waals surface area contributed by atoms with Crippen molar-refractivity contribution in [2.75, 3.05) is 33.4 Å². The summed E-state index contributed by atoms with van der Waals surface area (Å²) in [6.45, 7) is 1.23. The Morgan fingerprint density at radius 1 is 1.07 bits per heavy atom. The Morgan fingerprint density at radius 2 is 1.72 bits per heavy atom. The van der Waals surface area contributed by atoms with Crippen LogP contribution < -0.4 is 15.2 Å². The van der Waals surface area contributed by atoms with E-state index in [1.807, 2.05) is 0 Å². The summed E-state index contributed by atoms with van der Waals surface area (Å²) in [4.78, 5) is 24.1. The van der Waals surface area contributed by atoms with E-state index in [1.54, 1.807) is 0 Å². The van der Waals surface area contributed by atoms with Gasteiger partial charge >= 0.3 is 5.97 Å². The van der Waals surface area contributed by atoms with Crippen LogP contribution in [0.2, 0.25) is 0 Å². The summed E-state index contributed by atoms with van der Waals surface area (Å²) in [7, 11) is -2.24. The normalized spacial score (nSPS) is 14.9. The van der Waals surface area contributed by atoms with E-state index >= 15 is 0 Å². The number of morpholine rings is 1. The number of nitrogens with two attached hydrogens (primary N) is 1. The van der Waals surface area contributed by atoms with E-state index in [1.165, 1.54) is 53.9 Å². The first-order valence-electron chi connectivity index (χ1n) is 8.71. The number of rotatable bonds is 6. The Bertz CT molecular complexity index is 1010. The molecule has 0 unspecified atom stereocenters. The lowest BCUT2D eigenvalue weighted by Gasteiger charge is -2.26.